The minimum absolute atomic E-state index is 0.414. The molecule has 0 unspecified atom stereocenters. The number of halogens is 1. The van der Waals surface area contributed by atoms with E-state index in [-0.39, 0.29) is 0 Å². The normalized spacial score (nSPS) is 10.7. The molecule has 100 valence electrons. The van der Waals surface area contributed by atoms with Crippen LogP contribution in [-0.2, 0) is 6.54 Å². The first-order chi connectivity index (χ1) is 9.78. The molecule has 0 aliphatic heterocycles. The Bertz CT molecular complexity index is 758. The lowest BCUT2D eigenvalue weighted by atomic mass is 10.2. The molecule has 2 aromatic carbocycles. The average Bonchev–Trinajstić information content (AvgIpc) is 2.47. The van der Waals surface area contributed by atoms with Gasteiger partial charge in [-0.15, -0.1) is 0 Å². The number of hydrogen-bond acceptors (Lipinski definition) is 3. The van der Waals surface area contributed by atoms with Crippen LogP contribution >= 0.6 is 15.9 Å². The first-order valence-electron chi connectivity index (χ1n) is 6.28. The zero-order valence-corrected chi connectivity index (χ0v) is 12.3. The maximum absolute atomic E-state index is 5.92. The third-order valence-corrected chi connectivity index (χ3v) is 3.82. The highest BCUT2D eigenvalue weighted by Gasteiger charge is 2.08. The van der Waals surface area contributed by atoms with Crippen LogP contribution in [0.2, 0.25) is 0 Å². The van der Waals surface area contributed by atoms with E-state index in [1.807, 2.05) is 48.5 Å². The lowest BCUT2D eigenvalue weighted by Crippen LogP contribution is -2.00. The van der Waals surface area contributed by atoms with E-state index in [1.54, 1.807) is 6.20 Å². The van der Waals surface area contributed by atoms with Crippen LogP contribution in [0, 0.1) is 0 Å². The molecule has 0 radical (unpaired) electrons. The van der Waals surface area contributed by atoms with E-state index >= 15 is 0 Å². The minimum atomic E-state index is 0.414. The van der Waals surface area contributed by atoms with Crippen LogP contribution < -0.4 is 10.5 Å². The number of ether oxygens (including phenoxy) is 1. The number of rotatable bonds is 3. The molecule has 3 nitrogen and oxygen atoms in total. The van der Waals surface area contributed by atoms with Crippen molar-refractivity contribution in [2.24, 2.45) is 5.73 Å². The number of pyridine rings is 1. The van der Waals surface area contributed by atoms with Crippen LogP contribution in [0.5, 0.6) is 11.5 Å². The Morgan fingerprint density at radius 1 is 1.10 bits per heavy atom. The van der Waals surface area contributed by atoms with Gasteiger partial charge in [-0.3, -0.25) is 4.98 Å². The Hall–Kier alpha value is -1.91. The van der Waals surface area contributed by atoms with Gasteiger partial charge in [0, 0.05) is 22.0 Å². The van der Waals surface area contributed by atoms with Gasteiger partial charge in [-0.05, 0) is 24.3 Å². The summed E-state index contributed by atoms with van der Waals surface area (Å²) in [6.45, 7) is 0.414. The predicted octanol–water partition coefficient (Wildman–Crippen LogP) is 4.25. The smallest absolute Gasteiger partial charge is 0.146 e. The number of benzene rings is 2. The molecule has 2 N–H and O–H groups in total. The molecule has 3 aromatic rings. The van der Waals surface area contributed by atoms with Crippen LogP contribution in [0.15, 0.2) is 59.2 Å². The van der Waals surface area contributed by atoms with Gasteiger partial charge in [-0.1, -0.05) is 40.2 Å². The first kappa shape index (κ1) is 13.1. The molecule has 20 heavy (non-hydrogen) atoms. The minimum Gasteiger partial charge on any atom is -0.455 e. The van der Waals surface area contributed by atoms with Crippen molar-refractivity contribution in [1.29, 1.82) is 0 Å². The Balaban J connectivity index is 1.99. The maximum atomic E-state index is 5.92. The van der Waals surface area contributed by atoms with Crippen molar-refractivity contribution in [2.75, 3.05) is 0 Å². The molecule has 0 fully saturated rings. The highest BCUT2D eigenvalue weighted by Crippen LogP contribution is 2.31. The van der Waals surface area contributed by atoms with Crippen molar-refractivity contribution < 1.29 is 4.74 Å². The fraction of sp³-hybridized carbons (Fsp3) is 0.0625. The lowest BCUT2D eigenvalue weighted by Gasteiger charge is -2.11. The maximum Gasteiger partial charge on any atom is 0.146 e. The summed E-state index contributed by atoms with van der Waals surface area (Å²) in [4.78, 5) is 4.39. The molecule has 4 heteroatoms. The van der Waals surface area contributed by atoms with Gasteiger partial charge in [0.2, 0.25) is 0 Å². The standard InChI is InChI=1S/C16H13BrN2O/c17-14-5-3-7-16(13(14)9-18)20-12-8-11-4-1-2-6-15(11)19-10-12/h1-8,10H,9,18H2. The van der Waals surface area contributed by atoms with Crippen LogP contribution in [0.1, 0.15) is 5.56 Å². The molecule has 1 heterocycles. The van der Waals surface area contributed by atoms with Gasteiger partial charge < -0.3 is 10.5 Å². The molecule has 0 spiro atoms. The zero-order chi connectivity index (χ0) is 13.9. The van der Waals surface area contributed by atoms with Gasteiger partial charge in [-0.25, -0.2) is 0 Å². The summed E-state index contributed by atoms with van der Waals surface area (Å²) in [5.74, 6) is 1.45. The molecule has 0 saturated carbocycles. The fourth-order valence-electron chi connectivity index (χ4n) is 2.07. The van der Waals surface area contributed by atoms with Gasteiger partial charge in [0.1, 0.15) is 11.5 Å². The first-order valence-corrected chi connectivity index (χ1v) is 7.07. The third-order valence-electron chi connectivity index (χ3n) is 3.07. The Kier molecular flexibility index (Phi) is 3.67. The molecule has 1 aromatic heterocycles. The Morgan fingerprint density at radius 2 is 1.95 bits per heavy atom. The number of nitrogens with zero attached hydrogens (tertiary/aromatic N) is 1. The highest BCUT2D eigenvalue weighted by molar-refractivity contribution is 9.10. The number of para-hydroxylation sites is 1. The second-order valence-electron chi connectivity index (χ2n) is 4.39. The summed E-state index contributed by atoms with van der Waals surface area (Å²) in [7, 11) is 0. The SMILES string of the molecule is NCc1c(Br)cccc1Oc1cnc2ccccc2c1. The van der Waals surface area contributed by atoms with Crippen LogP contribution in [0.4, 0.5) is 0 Å². The monoisotopic (exact) mass is 328 g/mol. The molecular formula is C16H13BrN2O. The van der Waals surface area contributed by atoms with E-state index in [0.29, 0.717) is 12.3 Å². The van der Waals surface area contributed by atoms with E-state index in [1.165, 1.54) is 0 Å². The van der Waals surface area contributed by atoms with E-state index in [2.05, 4.69) is 20.9 Å². The molecule has 3 rings (SSSR count). The van der Waals surface area contributed by atoms with E-state index in [0.717, 1.165) is 26.7 Å². The topological polar surface area (TPSA) is 48.1 Å². The van der Waals surface area contributed by atoms with Crippen molar-refractivity contribution in [1.82, 2.24) is 4.98 Å². The summed E-state index contributed by atoms with van der Waals surface area (Å²) in [6, 6.07) is 15.7. The van der Waals surface area contributed by atoms with Gasteiger partial charge in [-0.2, -0.15) is 0 Å². The van der Waals surface area contributed by atoms with Crippen molar-refractivity contribution in [3.05, 3.63) is 64.8 Å². The summed E-state index contributed by atoms with van der Waals surface area (Å²) < 4.78 is 6.87. The predicted molar refractivity (Wildman–Crippen MR) is 83.9 cm³/mol. The molecule has 0 bridgehead atoms. The van der Waals surface area contributed by atoms with Crippen molar-refractivity contribution in [3.8, 4) is 11.5 Å². The average molecular weight is 329 g/mol. The molecule has 0 aliphatic rings. The van der Waals surface area contributed by atoms with E-state index < -0.39 is 0 Å². The van der Waals surface area contributed by atoms with Crippen molar-refractivity contribution >= 4 is 26.8 Å². The molecule has 0 aliphatic carbocycles. The number of fused-ring (bicyclic) bond motifs is 1. The summed E-state index contributed by atoms with van der Waals surface area (Å²) in [5, 5.41) is 1.05. The second-order valence-corrected chi connectivity index (χ2v) is 5.24. The van der Waals surface area contributed by atoms with Crippen LogP contribution in [0.3, 0.4) is 0 Å². The lowest BCUT2D eigenvalue weighted by molar-refractivity contribution is 0.474. The largest absolute Gasteiger partial charge is 0.455 e. The van der Waals surface area contributed by atoms with Crippen molar-refractivity contribution in [2.45, 2.75) is 6.54 Å². The number of nitrogens with two attached hydrogens (primary N) is 1. The van der Waals surface area contributed by atoms with Crippen molar-refractivity contribution in [3.63, 3.8) is 0 Å². The van der Waals surface area contributed by atoms with Crippen LogP contribution in [-0.4, -0.2) is 4.98 Å². The van der Waals surface area contributed by atoms with Gasteiger partial charge >= 0.3 is 0 Å². The zero-order valence-electron chi connectivity index (χ0n) is 10.7. The van der Waals surface area contributed by atoms with Crippen LogP contribution in [0.25, 0.3) is 10.9 Å². The quantitative estimate of drug-likeness (QED) is 0.781. The Labute approximate surface area is 125 Å². The van der Waals surface area contributed by atoms with E-state index in [9.17, 15) is 0 Å². The Morgan fingerprint density at radius 3 is 2.80 bits per heavy atom. The second kappa shape index (κ2) is 5.61. The van der Waals surface area contributed by atoms with E-state index in [4.69, 9.17) is 10.5 Å². The number of hydrogen-bond donors (Lipinski definition) is 1. The molecule has 0 atom stereocenters. The summed E-state index contributed by atoms with van der Waals surface area (Å²) in [5.41, 5.74) is 7.67. The fourth-order valence-corrected chi connectivity index (χ4v) is 2.58. The molecular weight excluding hydrogens is 316 g/mol. The van der Waals surface area contributed by atoms with Gasteiger partial charge in [0.05, 0.1) is 11.7 Å². The molecule has 0 amide bonds. The van der Waals surface area contributed by atoms with Gasteiger partial charge in [0.15, 0.2) is 0 Å². The molecule has 0 saturated heterocycles. The summed E-state index contributed by atoms with van der Waals surface area (Å²) >= 11 is 3.48. The third kappa shape index (κ3) is 2.53. The summed E-state index contributed by atoms with van der Waals surface area (Å²) in [6.07, 6.45) is 1.73. The highest BCUT2D eigenvalue weighted by atomic mass is 79.9. The number of aromatic nitrogens is 1. The van der Waals surface area contributed by atoms with Gasteiger partial charge in [0.25, 0.3) is 0 Å².